The van der Waals surface area contributed by atoms with Gasteiger partial charge in [0.2, 0.25) is 5.91 Å². The van der Waals surface area contributed by atoms with Crippen LogP contribution < -0.4 is 10.6 Å². The summed E-state index contributed by atoms with van der Waals surface area (Å²) < 4.78 is 1.91. The molecule has 2 heterocycles. The van der Waals surface area contributed by atoms with E-state index in [1.165, 1.54) is 12.8 Å². The Balaban J connectivity index is 1.62. The molecule has 1 aliphatic heterocycles. The largest absolute Gasteiger partial charge is 0.316 e. The van der Waals surface area contributed by atoms with Crippen LogP contribution >= 0.6 is 0 Å². The Labute approximate surface area is 101 Å². The standard InChI is InChI=1S/C12H18N4O/c17-12(10-3-5-13-7-10)15-11-4-6-14-16(11)8-9-1-2-9/h4,6,9-10,13H,1-3,5,7-8H2,(H,15,17). The van der Waals surface area contributed by atoms with Gasteiger partial charge in [-0.2, -0.15) is 5.10 Å². The molecule has 0 spiro atoms. The normalized spacial score (nSPS) is 23.9. The third-order valence-electron chi connectivity index (χ3n) is 3.53. The number of hydrogen-bond acceptors (Lipinski definition) is 3. The van der Waals surface area contributed by atoms with E-state index in [1.54, 1.807) is 6.20 Å². The van der Waals surface area contributed by atoms with Gasteiger partial charge < -0.3 is 10.6 Å². The topological polar surface area (TPSA) is 59.0 Å². The summed E-state index contributed by atoms with van der Waals surface area (Å²) in [6, 6.07) is 1.88. The molecule has 17 heavy (non-hydrogen) atoms. The average Bonchev–Trinajstić information content (AvgIpc) is 2.81. The molecule has 1 aromatic heterocycles. The lowest BCUT2D eigenvalue weighted by atomic mass is 10.1. The summed E-state index contributed by atoms with van der Waals surface area (Å²) in [5, 5.41) is 10.5. The molecule has 2 aliphatic rings. The molecule has 0 radical (unpaired) electrons. The van der Waals surface area contributed by atoms with E-state index in [-0.39, 0.29) is 11.8 Å². The minimum atomic E-state index is 0.110. The maximum absolute atomic E-state index is 12.0. The molecule has 92 valence electrons. The molecule has 2 fully saturated rings. The van der Waals surface area contributed by atoms with E-state index in [0.717, 1.165) is 37.8 Å². The van der Waals surface area contributed by atoms with Crippen LogP contribution in [0.15, 0.2) is 12.3 Å². The maximum atomic E-state index is 12.0. The van der Waals surface area contributed by atoms with Gasteiger partial charge in [0.05, 0.1) is 12.1 Å². The molecule has 1 saturated heterocycles. The number of amides is 1. The first kappa shape index (κ1) is 10.8. The van der Waals surface area contributed by atoms with Crippen molar-refractivity contribution in [1.29, 1.82) is 0 Å². The number of carbonyl (C=O) groups excluding carboxylic acids is 1. The molecule has 5 nitrogen and oxygen atoms in total. The number of rotatable bonds is 4. The highest BCUT2D eigenvalue weighted by molar-refractivity contribution is 5.92. The summed E-state index contributed by atoms with van der Waals surface area (Å²) in [7, 11) is 0. The molecule has 5 heteroatoms. The van der Waals surface area contributed by atoms with Crippen molar-refractivity contribution in [3.05, 3.63) is 12.3 Å². The van der Waals surface area contributed by atoms with Gasteiger partial charge in [0.25, 0.3) is 0 Å². The Hall–Kier alpha value is -1.36. The molecule has 3 rings (SSSR count). The van der Waals surface area contributed by atoms with Crippen LogP contribution in [-0.4, -0.2) is 28.8 Å². The monoisotopic (exact) mass is 234 g/mol. The van der Waals surface area contributed by atoms with Gasteiger partial charge in [0.15, 0.2) is 0 Å². The molecular formula is C12H18N4O. The predicted octanol–water partition coefficient (Wildman–Crippen LogP) is 0.841. The third kappa shape index (κ3) is 2.49. The quantitative estimate of drug-likeness (QED) is 0.811. The lowest BCUT2D eigenvalue weighted by Crippen LogP contribution is -2.26. The molecule has 1 unspecified atom stereocenters. The van der Waals surface area contributed by atoms with E-state index in [9.17, 15) is 4.79 Å². The summed E-state index contributed by atoms with van der Waals surface area (Å²) in [6.45, 7) is 2.67. The maximum Gasteiger partial charge on any atom is 0.229 e. The average molecular weight is 234 g/mol. The van der Waals surface area contributed by atoms with Gasteiger partial charge >= 0.3 is 0 Å². The summed E-state index contributed by atoms with van der Waals surface area (Å²) >= 11 is 0. The van der Waals surface area contributed by atoms with Gasteiger partial charge in [-0.05, 0) is 31.7 Å². The van der Waals surface area contributed by atoms with E-state index < -0.39 is 0 Å². The number of anilines is 1. The first-order valence-electron chi connectivity index (χ1n) is 6.36. The van der Waals surface area contributed by atoms with Crippen molar-refractivity contribution >= 4 is 11.7 Å². The second-order valence-corrected chi connectivity index (χ2v) is 5.02. The fraction of sp³-hybridized carbons (Fsp3) is 0.667. The van der Waals surface area contributed by atoms with Gasteiger partial charge in [0, 0.05) is 19.2 Å². The molecule has 1 saturated carbocycles. The molecule has 1 aliphatic carbocycles. The highest BCUT2D eigenvalue weighted by atomic mass is 16.2. The Morgan fingerprint density at radius 1 is 1.53 bits per heavy atom. The molecular weight excluding hydrogens is 216 g/mol. The van der Waals surface area contributed by atoms with E-state index in [0.29, 0.717) is 0 Å². The fourth-order valence-corrected chi connectivity index (χ4v) is 2.24. The number of nitrogens with one attached hydrogen (secondary N) is 2. The molecule has 0 bridgehead atoms. The van der Waals surface area contributed by atoms with E-state index in [2.05, 4.69) is 15.7 Å². The summed E-state index contributed by atoms with van der Waals surface area (Å²) in [5.74, 6) is 1.83. The first-order chi connectivity index (χ1) is 8.33. The van der Waals surface area contributed by atoms with Gasteiger partial charge in [0.1, 0.15) is 5.82 Å². The van der Waals surface area contributed by atoms with Crippen molar-refractivity contribution in [3.8, 4) is 0 Å². The van der Waals surface area contributed by atoms with Crippen LogP contribution in [0.5, 0.6) is 0 Å². The van der Waals surface area contributed by atoms with Crippen molar-refractivity contribution in [2.45, 2.75) is 25.8 Å². The van der Waals surface area contributed by atoms with E-state index >= 15 is 0 Å². The van der Waals surface area contributed by atoms with Crippen molar-refractivity contribution in [3.63, 3.8) is 0 Å². The van der Waals surface area contributed by atoms with Crippen molar-refractivity contribution < 1.29 is 4.79 Å². The summed E-state index contributed by atoms with van der Waals surface area (Å²) in [6.07, 6.45) is 5.27. The molecule has 1 atom stereocenters. The second kappa shape index (κ2) is 4.49. The van der Waals surface area contributed by atoms with Crippen molar-refractivity contribution in [2.24, 2.45) is 11.8 Å². The van der Waals surface area contributed by atoms with Crippen LogP contribution in [0.3, 0.4) is 0 Å². The number of nitrogens with zero attached hydrogens (tertiary/aromatic N) is 2. The smallest absolute Gasteiger partial charge is 0.229 e. The molecule has 1 amide bonds. The SMILES string of the molecule is O=C(Nc1ccnn1CC1CC1)C1CCNC1. The van der Waals surface area contributed by atoms with Crippen LogP contribution in [0.25, 0.3) is 0 Å². The van der Waals surface area contributed by atoms with Gasteiger partial charge in [-0.25, -0.2) is 4.68 Å². The van der Waals surface area contributed by atoms with E-state index in [1.807, 2.05) is 10.7 Å². The van der Waals surface area contributed by atoms with Gasteiger partial charge in [-0.3, -0.25) is 4.79 Å². The highest BCUT2D eigenvalue weighted by Gasteiger charge is 2.25. The minimum absolute atomic E-state index is 0.110. The highest BCUT2D eigenvalue weighted by Crippen LogP contribution is 2.31. The first-order valence-corrected chi connectivity index (χ1v) is 6.36. The van der Waals surface area contributed by atoms with Crippen LogP contribution in [0.2, 0.25) is 0 Å². The lowest BCUT2D eigenvalue weighted by Gasteiger charge is -2.11. The van der Waals surface area contributed by atoms with Gasteiger partial charge in [-0.15, -0.1) is 0 Å². The molecule has 0 aromatic carbocycles. The predicted molar refractivity (Wildman–Crippen MR) is 64.6 cm³/mol. The van der Waals surface area contributed by atoms with E-state index in [4.69, 9.17) is 0 Å². The van der Waals surface area contributed by atoms with Crippen LogP contribution in [-0.2, 0) is 11.3 Å². The second-order valence-electron chi connectivity index (χ2n) is 5.02. The third-order valence-corrected chi connectivity index (χ3v) is 3.53. The van der Waals surface area contributed by atoms with Gasteiger partial charge in [-0.1, -0.05) is 0 Å². The Kier molecular flexibility index (Phi) is 2.84. The zero-order valence-electron chi connectivity index (χ0n) is 9.85. The number of carbonyl (C=O) groups is 1. The summed E-state index contributed by atoms with van der Waals surface area (Å²) in [4.78, 5) is 12.0. The molecule has 1 aromatic rings. The summed E-state index contributed by atoms with van der Waals surface area (Å²) in [5.41, 5.74) is 0. The Morgan fingerprint density at radius 3 is 3.12 bits per heavy atom. The van der Waals surface area contributed by atoms with Crippen LogP contribution in [0.4, 0.5) is 5.82 Å². The number of hydrogen-bond donors (Lipinski definition) is 2. The Morgan fingerprint density at radius 2 is 2.41 bits per heavy atom. The van der Waals surface area contributed by atoms with Crippen LogP contribution in [0, 0.1) is 11.8 Å². The van der Waals surface area contributed by atoms with Crippen LogP contribution in [0.1, 0.15) is 19.3 Å². The number of aromatic nitrogens is 2. The minimum Gasteiger partial charge on any atom is -0.316 e. The zero-order valence-corrected chi connectivity index (χ0v) is 9.85. The van der Waals surface area contributed by atoms with Crippen molar-refractivity contribution in [1.82, 2.24) is 15.1 Å². The Bertz CT molecular complexity index is 404. The fourth-order valence-electron chi connectivity index (χ4n) is 2.24. The van der Waals surface area contributed by atoms with Crippen molar-refractivity contribution in [2.75, 3.05) is 18.4 Å². The molecule has 2 N–H and O–H groups in total. The zero-order chi connectivity index (χ0) is 11.7. The lowest BCUT2D eigenvalue weighted by molar-refractivity contribution is -0.119.